The Kier molecular flexibility index (Phi) is 9.15. The Morgan fingerprint density at radius 1 is 0.932 bits per heavy atom. The summed E-state index contributed by atoms with van der Waals surface area (Å²) in [6.07, 6.45) is 2.44. The van der Waals surface area contributed by atoms with Gasteiger partial charge in [-0.25, -0.2) is 0 Å². The minimum atomic E-state index is -1.52. The molecule has 1 saturated heterocycles. The molecule has 14 atom stereocenters. The number of rotatable bonds is 7. The molecule has 0 radical (unpaired) electrons. The maximum atomic E-state index is 14.6. The van der Waals surface area contributed by atoms with E-state index >= 15 is 0 Å². The maximum Gasteiger partial charge on any atom is 0.187 e. The summed E-state index contributed by atoms with van der Waals surface area (Å²) in [7, 11) is 0. The van der Waals surface area contributed by atoms with E-state index < -0.39 is 42.9 Å². The van der Waals surface area contributed by atoms with Gasteiger partial charge in [-0.3, -0.25) is 4.79 Å². The molecule has 0 aromatic carbocycles. The third-order valence-corrected chi connectivity index (χ3v) is 14.4. The third-order valence-electron chi connectivity index (χ3n) is 14.4. The normalized spacial score (nSPS) is 49.8. The molecule has 5 fully saturated rings. The van der Waals surface area contributed by atoms with E-state index in [4.69, 9.17) is 9.47 Å². The van der Waals surface area contributed by atoms with Crippen LogP contribution in [-0.4, -0.2) is 80.3 Å². The van der Waals surface area contributed by atoms with Crippen LogP contribution in [-0.2, 0) is 14.3 Å². The van der Waals surface area contributed by atoms with E-state index in [9.17, 15) is 30.3 Å². The quantitative estimate of drug-likeness (QED) is 0.262. The van der Waals surface area contributed by atoms with E-state index in [0.717, 1.165) is 44.9 Å². The van der Waals surface area contributed by atoms with E-state index in [0.29, 0.717) is 24.5 Å². The van der Waals surface area contributed by atoms with Gasteiger partial charge in [0.1, 0.15) is 30.2 Å². The van der Waals surface area contributed by atoms with Crippen molar-refractivity contribution in [2.75, 3.05) is 6.61 Å². The van der Waals surface area contributed by atoms with Crippen LogP contribution in [0.3, 0.4) is 0 Å². The zero-order valence-electron chi connectivity index (χ0n) is 28.4. The number of carbonyl (C=O) groups is 1. The van der Waals surface area contributed by atoms with Crippen molar-refractivity contribution in [2.45, 2.75) is 156 Å². The molecule has 0 aromatic heterocycles. The van der Waals surface area contributed by atoms with Crippen LogP contribution in [0.2, 0.25) is 0 Å². The van der Waals surface area contributed by atoms with E-state index in [1.54, 1.807) is 0 Å². The van der Waals surface area contributed by atoms with Gasteiger partial charge in [0.25, 0.3) is 0 Å². The molecular weight excluding hydrogens is 560 g/mol. The van der Waals surface area contributed by atoms with Gasteiger partial charge >= 0.3 is 0 Å². The average Bonchev–Trinajstić information content (AvgIpc) is 3.33. The summed E-state index contributed by atoms with van der Waals surface area (Å²) in [6.45, 7) is 17.2. The molecule has 1 aliphatic heterocycles. The van der Waals surface area contributed by atoms with Gasteiger partial charge in [-0.05, 0) is 112 Å². The van der Waals surface area contributed by atoms with Crippen molar-refractivity contribution in [3.63, 3.8) is 0 Å². The van der Waals surface area contributed by atoms with E-state index in [1.807, 2.05) is 6.92 Å². The maximum absolute atomic E-state index is 14.6. The second-order valence-electron chi connectivity index (χ2n) is 17.1. The number of ether oxygens (including phenoxy) is 2. The fourth-order valence-corrected chi connectivity index (χ4v) is 11.5. The molecule has 0 spiro atoms. The smallest absolute Gasteiger partial charge is 0.187 e. The van der Waals surface area contributed by atoms with Crippen molar-refractivity contribution in [2.24, 2.45) is 45.3 Å². The Hall–Kier alpha value is -0.870. The Labute approximate surface area is 264 Å². The predicted octanol–water partition coefficient (Wildman–Crippen LogP) is 4.53. The van der Waals surface area contributed by atoms with Crippen LogP contribution in [0.25, 0.3) is 0 Å². The summed E-state index contributed by atoms with van der Waals surface area (Å²) in [5, 5.41) is 52.7. The highest BCUT2D eigenvalue weighted by Gasteiger charge is 2.71. The average molecular weight is 621 g/mol. The Balaban J connectivity index is 1.49. The van der Waals surface area contributed by atoms with Gasteiger partial charge in [0.2, 0.25) is 0 Å². The number of hydrogen-bond donors (Lipinski definition) is 5. The molecule has 1 heterocycles. The first-order chi connectivity index (χ1) is 20.4. The van der Waals surface area contributed by atoms with Gasteiger partial charge in [-0.2, -0.15) is 0 Å². The van der Waals surface area contributed by atoms with Gasteiger partial charge in [0.05, 0.1) is 18.3 Å². The van der Waals surface area contributed by atoms with Crippen molar-refractivity contribution >= 4 is 5.78 Å². The fraction of sp³-hybridized carbons (Fsp3) is 0.917. The number of carbonyl (C=O) groups excluding carboxylic acids is 1. The highest BCUT2D eigenvalue weighted by molar-refractivity contribution is 5.84. The molecule has 5 aliphatic rings. The molecular formula is C36H60O8. The lowest BCUT2D eigenvalue weighted by Gasteiger charge is -2.69. The third kappa shape index (κ3) is 5.09. The SMILES string of the molecule is CC(C)=CCC[C@](C)(O[C@@H]1OC(CO)[C@H](O)[C@H](O)C1O)C1CC[C@]2(C)C1C(=O)CC1[C@@]3(C)CC[C@H](O)C(C)(C)C3CC[C@]12C. The largest absolute Gasteiger partial charge is 0.394 e. The number of fused-ring (bicyclic) bond motifs is 5. The van der Waals surface area contributed by atoms with Crippen LogP contribution >= 0.6 is 0 Å². The molecule has 6 unspecified atom stereocenters. The first-order valence-corrected chi connectivity index (χ1v) is 17.2. The molecule has 4 saturated carbocycles. The molecule has 252 valence electrons. The second kappa shape index (κ2) is 11.7. The molecule has 0 aromatic rings. The number of ketones is 1. The first-order valence-electron chi connectivity index (χ1n) is 17.2. The van der Waals surface area contributed by atoms with Crippen molar-refractivity contribution in [1.29, 1.82) is 0 Å². The molecule has 5 N–H and O–H groups in total. The number of aliphatic hydroxyl groups is 5. The number of hydrogen-bond acceptors (Lipinski definition) is 8. The van der Waals surface area contributed by atoms with Gasteiger partial charge in [0.15, 0.2) is 6.29 Å². The molecule has 0 bridgehead atoms. The van der Waals surface area contributed by atoms with Crippen LogP contribution in [0.4, 0.5) is 0 Å². The number of allylic oxidation sites excluding steroid dienone is 2. The summed E-state index contributed by atoms with van der Waals surface area (Å²) in [4.78, 5) is 14.6. The highest BCUT2D eigenvalue weighted by atomic mass is 16.7. The van der Waals surface area contributed by atoms with Crippen LogP contribution in [0.5, 0.6) is 0 Å². The molecule has 44 heavy (non-hydrogen) atoms. The molecule has 8 heteroatoms. The van der Waals surface area contributed by atoms with Gasteiger partial charge in [0, 0.05) is 12.3 Å². The topological polar surface area (TPSA) is 137 Å². The Morgan fingerprint density at radius 2 is 1.59 bits per heavy atom. The van der Waals surface area contributed by atoms with Crippen molar-refractivity contribution in [1.82, 2.24) is 0 Å². The monoisotopic (exact) mass is 620 g/mol. The standard InChI is InChI=1S/C36H60O8/c1-20(2)10-9-14-36(8,44-31-30(42)29(41)28(40)23(19-37)43-31)21-11-16-35(7)27(21)22(38)18-25-33(5)15-13-26(39)32(3,4)24(33)12-17-34(25,35)6/h10,21,23-31,37,39-42H,9,11-19H2,1-8H3/t21?,23?,24?,25?,26-,27?,28-,29-,30?,31-,33-,34+,35+,36-/m0/s1. The minimum Gasteiger partial charge on any atom is -0.394 e. The van der Waals surface area contributed by atoms with E-state index in [1.165, 1.54) is 5.57 Å². The van der Waals surface area contributed by atoms with Crippen molar-refractivity contribution in [3.05, 3.63) is 11.6 Å². The first kappa shape index (κ1) is 34.5. The van der Waals surface area contributed by atoms with E-state index in [2.05, 4.69) is 54.5 Å². The van der Waals surface area contributed by atoms with Crippen LogP contribution in [0, 0.1) is 45.3 Å². The fourth-order valence-electron chi connectivity index (χ4n) is 11.5. The zero-order chi connectivity index (χ0) is 32.6. The second-order valence-corrected chi connectivity index (χ2v) is 17.1. The van der Waals surface area contributed by atoms with E-state index in [-0.39, 0.29) is 45.5 Å². The number of aliphatic hydroxyl groups excluding tert-OH is 5. The number of Topliss-reactive ketones (excluding diaryl/α,β-unsaturated/α-hetero) is 1. The molecule has 0 amide bonds. The Bertz CT molecular complexity index is 1120. The summed E-state index contributed by atoms with van der Waals surface area (Å²) in [5.41, 5.74) is -0.159. The lowest BCUT2D eigenvalue weighted by molar-refractivity contribution is -0.333. The van der Waals surface area contributed by atoms with Crippen LogP contribution in [0.15, 0.2) is 11.6 Å². The lowest BCUT2D eigenvalue weighted by atomic mass is 9.35. The summed E-state index contributed by atoms with van der Waals surface area (Å²) in [5.74, 6) is 0.579. The molecule has 8 nitrogen and oxygen atoms in total. The lowest BCUT2D eigenvalue weighted by Crippen LogP contribution is -2.66. The summed E-state index contributed by atoms with van der Waals surface area (Å²) < 4.78 is 12.6. The highest BCUT2D eigenvalue weighted by Crippen LogP contribution is 2.75. The predicted molar refractivity (Wildman–Crippen MR) is 167 cm³/mol. The summed E-state index contributed by atoms with van der Waals surface area (Å²) in [6, 6.07) is 0. The van der Waals surface area contributed by atoms with Gasteiger partial charge in [-0.1, -0.05) is 46.3 Å². The van der Waals surface area contributed by atoms with Crippen molar-refractivity contribution in [3.8, 4) is 0 Å². The van der Waals surface area contributed by atoms with Crippen LogP contribution < -0.4 is 0 Å². The zero-order valence-corrected chi connectivity index (χ0v) is 28.4. The minimum absolute atomic E-state index is 0.0168. The van der Waals surface area contributed by atoms with Gasteiger partial charge in [-0.15, -0.1) is 0 Å². The van der Waals surface area contributed by atoms with Crippen molar-refractivity contribution < 1.29 is 39.8 Å². The molecule has 5 rings (SSSR count). The summed E-state index contributed by atoms with van der Waals surface area (Å²) >= 11 is 0. The van der Waals surface area contributed by atoms with Crippen LogP contribution in [0.1, 0.15) is 113 Å². The molecule has 4 aliphatic carbocycles. The Morgan fingerprint density at radius 3 is 2.23 bits per heavy atom. The van der Waals surface area contributed by atoms with Gasteiger partial charge < -0.3 is 35.0 Å².